The number of halogens is 1. The largest absolute Gasteiger partial charge is 0.410 e. The van der Waals surface area contributed by atoms with E-state index in [1.54, 1.807) is 54.6 Å². The van der Waals surface area contributed by atoms with E-state index in [0.29, 0.717) is 27.6 Å². The molecule has 0 aliphatic heterocycles. The van der Waals surface area contributed by atoms with Gasteiger partial charge in [-0.05, 0) is 60.7 Å². The molecule has 0 fully saturated rings. The molecule has 0 unspecified atom stereocenters. The molecule has 4 aromatic rings. The van der Waals surface area contributed by atoms with Gasteiger partial charge in [-0.1, -0.05) is 11.6 Å². The summed E-state index contributed by atoms with van der Waals surface area (Å²) in [4.78, 5) is 18.6. The standard InChI is InChI=1S/C20H15ClN4O4S/c21-13-3-5-14(6-4-13)25-30(27,28)16-8-1-12(2-9-16)19-23-17-10-7-15(29-20(22)26)11-18(17)24-19/h1-11,25H,(H2,22,26)(H,23,24). The van der Waals surface area contributed by atoms with E-state index < -0.39 is 16.1 Å². The van der Waals surface area contributed by atoms with Crippen molar-refractivity contribution in [2.75, 3.05) is 4.72 Å². The number of rotatable bonds is 5. The quantitative estimate of drug-likeness (QED) is 0.428. The van der Waals surface area contributed by atoms with Crippen molar-refractivity contribution in [3.63, 3.8) is 0 Å². The highest BCUT2D eigenvalue weighted by atomic mass is 35.5. The Morgan fingerprint density at radius 2 is 1.73 bits per heavy atom. The van der Waals surface area contributed by atoms with Crippen LogP contribution in [-0.4, -0.2) is 24.5 Å². The Bertz CT molecular complexity index is 1330. The number of carbonyl (C=O) groups excluding carboxylic acids is 1. The first kappa shape index (κ1) is 19.7. The van der Waals surface area contributed by atoms with E-state index >= 15 is 0 Å². The Morgan fingerprint density at radius 3 is 2.40 bits per heavy atom. The Hall–Kier alpha value is -3.56. The number of aromatic amines is 1. The lowest BCUT2D eigenvalue weighted by Crippen LogP contribution is -2.16. The maximum absolute atomic E-state index is 12.6. The number of nitrogens with one attached hydrogen (secondary N) is 2. The zero-order valence-electron chi connectivity index (χ0n) is 15.3. The minimum atomic E-state index is -3.75. The molecule has 0 aliphatic rings. The summed E-state index contributed by atoms with van der Waals surface area (Å²) >= 11 is 5.82. The molecule has 3 aromatic carbocycles. The molecule has 30 heavy (non-hydrogen) atoms. The van der Waals surface area contributed by atoms with Gasteiger partial charge in [-0.15, -0.1) is 0 Å². The van der Waals surface area contributed by atoms with Crippen LogP contribution in [0.15, 0.2) is 71.6 Å². The second-order valence-electron chi connectivity index (χ2n) is 6.32. The molecule has 0 aliphatic carbocycles. The summed E-state index contributed by atoms with van der Waals surface area (Å²) in [5, 5.41) is 0.515. The smallest absolute Gasteiger partial charge is 0.409 e. The van der Waals surface area contributed by atoms with Gasteiger partial charge in [0.15, 0.2) is 0 Å². The second kappa shape index (κ2) is 7.69. The molecule has 0 spiro atoms. The van der Waals surface area contributed by atoms with Crippen molar-refractivity contribution in [2.45, 2.75) is 4.90 Å². The predicted molar refractivity (Wildman–Crippen MR) is 114 cm³/mol. The molecular formula is C20H15ClN4O4S. The van der Waals surface area contributed by atoms with Crippen molar-refractivity contribution in [1.82, 2.24) is 9.97 Å². The first-order valence-electron chi connectivity index (χ1n) is 8.66. The maximum Gasteiger partial charge on any atom is 0.409 e. The number of H-pyrrole nitrogens is 1. The normalized spacial score (nSPS) is 11.4. The summed E-state index contributed by atoms with van der Waals surface area (Å²) in [6.07, 6.45) is -0.908. The summed E-state index contributed by atoms with van der Waals surface area (Å²) in [7, 11) is -3.75. The number of fused-ring (bicyclic) bond motifs is 1. The third-order valence-corrected chi connectivity index (χ3v) is 5.86. The number of imidazole rings is 1. The van der Waals surface area contributed by atoms with Crippen LogP contribution in [0.2, 0.25) is 5.02 Å². The van der Waals surface area contributed by atoms with Gasteiger partial charge in [0.1, 0.15) is 11.6 Å². The molecule has 1 amide bonds. The fraction of sp³-hybridized carbons (Fsp3) is 0. The average Bonchev–Trinajstić information content (AvgIpc) is 3.13. The lowest BCUT2D eigenvalue weighted by Gasteiger charge is -2.08. The summed E-state index contributed by atoms with van der Waals surface area (Å²) in [5.41, 5.74) is 7.42. The van der Waals surface area contributed by atoms with Crippen LogP contribution in [-0.2, 0) is 10.0 Å². The number of anilines is 1. The highest BCUT2D eigenvalue weighted by Gasteiger charge is 2.15. The highest BCUT2D eigenvalue weighted by molar-refractivity contribution is 7.92. The average molecular weight is 443 g/mol. The number of hydrogen-bond donors (Lipinski definition) is 3. The van der Waals surface area contributed by atoms with E-state index in [-0.39, 0.29) is 10.6 Å². The monoisotopic (exact) mass is 442 g/mol. The number of nitrogens with zero attached hydrogens (tertiary/aromatic N) is 1. The van der Waals surface area contributed by atoms with Gasteiger partial charge < -0.3 is 15.5 Å². The van der Waals surface area contributed by atoms with Gasteiger partial charge in [0.2, 0.25) is 0 Å². The molecule has 4 rings (SSSR count). The number of aromatic nitrogens is 2. The lowest BCUT2D eigenvalue weighted by atomic mass is 10.2. The Kier molecular flexibility index (Phi) is 5.06. The minimum Gasteiger partial charge on any atom is -0.410 e. The number of amides is 1. The molecule has 0 saturated carbocycles. The van der Waals surface area contributed by atoms with Crippen LogP contribution in [0.3, 0.4) is 0 Å². The number of carbonyl (C=O) groups is 1. The number of hydrogen-bond acceptors (Lipinski definition) is 5. The second-order valence-corrected chi connectivity index (χ2v) is 8.44. The van der Waals surface area contributed by atoms with Crippen LogP contribution in [0.5, 0.6) is 5.75 Å². The molecule has 8 nitrogen and oxygen atoms in total. The van der Waals surface area contributed by atoms with Crippen molar-refractivity contribution in [3.05, 3.63) is 71.8 Å². The van der Waals surface area contributed by atoms with Crippen LogP contribution in [0.1, 0.15) is 0 Å². The molecule has 1 aromatic heterocycles. The summed E-state index contributed by atoms with van der Waals surface area (Å²) in [6.45, 7) is 0. The maximum atomic E-state index is 12.6. The van der Waals surface area contributed by atoms with Crippen LogP contribution < -0.4 is 15.2 Å². The van der Waals surface area contributed by atoms with Crippen LogP contribution >= 0.6 is 11.6 Å². The summed E-state index contributed by atoms with van der Waals surface area (Å²) in [5.74, 6) is 0.818. The topological polar surface area (TPSA) is 127 Å². The van der Waals surface area contributed by atoms with Crippen LogP contribution in [0, 0.1) is 0 Å². The van der Waals surface area contributed by atoms with Gasteiger partial charge in [0.25, 0.3) is 10.0 Å². The molecular weight excluding hydrogens is 428 g/mol. The molecule has 0 atom stereocenters. The first-order chi connectivity index (χ1) is 14.3. The van der Waals surface area contributed by atoms with Crippen LogP contribution in [0.4, 0.5) is 10.5 Å². The van der Waals surface area contributed by atoms with Crippen LogP contribution in [0.25, 0.3) is 22.4 Å². The predicted octanol–water partition coefficient (Wildman–Crippen LogP) is 4.14. The molecule has 10 heteroatoms. The van der Waals surface area contributed by atoms with Gasteiger partial charge >= 0.3 is 6.09 Å². The zero-order valence-corrected chi connectivity index (χ0v) is 16.9. The Morgan fingerprint density at radius 1 is 1.03 bits per heavy atom. The number of primary amides is 1. The van der Waals surface area contributed by atoms with E-state index in [1.807, 2.05) is 0 Å². The van der Waals surface area contributed by atoms with E-state index in [4.69, 9.17) is 22.1 Å². The van der Waals surface area contributed by atoms with Crippen molar-refractivity contribution in [3.8, 4) is 17.1 Å². The van der Waals surface area contributed by atoms with E-state index in [2.05, 4.69) is 14.7 Å². The summed E-state index contributed by atoms with van der Waals surface area (Å²) < 4.78 is 32.5. The SMILES string of the molecule is NC(=O)Oc1ccc2[nH]c(-c3ccc(S(=O)(=O)Nc4ccc(Cl)cc4)cc3)nc2c1. The van der Waals surface area contributed by atoms with Gasteiger partial charge in [-0.25, -0.2) is 18.2 Å². The van der Waals surface area contributed by atoms with Crippen molar-refractivity contribution in [2.24, 2.45) is 5.73 Å². The van der Waals surface area contributed by atoms with Crippen molar-refractivity contribution >= 4 is 44.4 Å². The highest BCUT2D eigenvalue weighted by Crippen LogP contribution is 2.25. The fourth-order valence-corrected chi connectivity index (χ4v) is 4.01. The van der Waals surface area contributed by atoms with Gasteiger partial charge in [-0.2, -0.15) is 0 Å². The van der Waals surface area contributed by atoms with Crippen molar-refractivity contribution in [1.29, 1.82) is 0 Å². The zero-order chi connectivity index (χ0) is 21.3. The molecule has 1 heterocycles. The molecule has 152 valence electrons. The number of sulfonamides is 1. The number of ether oxygens (including phenoxy) is 1. The Balaban J connectivity index is 1.58. The van der Waals surface area contributed by atoms with E-state index in [1.165, 1.54) is 12.1 Å². The van der Waals surface area contributed by atoms with E-state index in [0.717, 1.165) is 5.52 Å². The number of benzene rings is 3. The third kappa shape index (κ3) is 4.22. The number of nitrogens with two attached hydrogens (primary N) is 1. The first-order valence-corrected chi connectivity index (χ1v) is 10.5. The van der Waals surface area contributed by atoms with Crippen molar-refractivity contribution < 1.29 is 17.9 Å². The summed E-state index contributed by atoms with van der Waals surface area (Å²) in [6, 6.07) is 17.5. The lowest BCUT2D eigenvalue weighted by molar-refractivity contribution is 0.211. The minimum absolute atomic E-state index is 0.106. The van der Waals surface area contributed by atoms with Gasteiger partial charge in [0.05, 0.1) is 15.9 Å². The molecule has 0 radical (unpaired) electrons. The Labute approximate surface area is 176 Å². The third-order valence-electron chi connectivity index (χ3n) is 4.21. The van der Waals surface area contributed by atoms with Gasteiger partial charge in [0, 0.05) is 22.3 Å². The molecule has 0 saturated heterocycles. The van der Waals surface area contributed by atoms with Gasteiger partial charge in [-0.3, -0.25) is 4.72 Å². The fourth-order valence-electron chi connectivity index (χ4n) is 2.83. The van der Waals surface area contributed by atoms with E-state index in [9.17, 15) is 13.2 Å². The molecule has 0 bridgehead atoms. The molecule has 4 N–H and O–H groups in total.